The number of rotatable bonds is 2. The molecule has 54 valence electrons. The van der Waals surface area contributed by atoms with E-state index < -0.39 is 5.97 Å². The molecule has 0 unspecified atom stereocenters. The summed E-state index contributed by atoms with van der Waals surface area (Å²) in [4.78, 5) is 20.0. The van der Waals surface area contributed by atoms with Crippen LogP contribution in [0.5, 0.6) is 5.75 Å². The minimum atomic E-state index is -1.03. The Bertz CT molecular complexity index is 253. The molecule has 0 N–H and O–H groups in total. The van der Waals surface area contributed by atoms with Crippen LogP contribution >= 0.6 is 0 Å². The van der Waals surface area contributed by atoms with E-state index in [2.05, 4.69) is 10.8 Å². The lowest BCUT2D eigenvalue weighted by atomic mass is 10.3. The first-order chi connectivity index (χ1) is 5.33. The molecule has 0 fully saturated rings. The van der Waals surface area contributed by atoms with E-state index in [1.165, 1.54) is 6.07 Å². The van der Waals surface area contributed by atoms with Gasteiger partial charge in [-0.2, -0.15) is 0 Å². The van der Waals surface area contributed by atoms with Crippen molar-refractivity contribution < 1.29 is 14.3 Å². The molecule has 0 heterocycles. The molecule has 0 saturated heterocycles. The smallest absolute Gasteiger partial charge is 0.388 e. The van der Waals surface area contributed by atoms with Crippen molar-refractivity contribution in [1.82, 2.24) is 0 Å². The fraction of sp³-hybridized carbons (Fsp3) is 0. The molecule has 0 aliphatic carbocycles. The SMILES string of the molecule is O=[C]C(=O)Oc1[c]cccc1. The Labute approximate surface area is 63.6 Å². The first-order valence-electron chi connectivity index (χ1n) is 2.89. The molecule has 0 aliphatic rings. The lowest BCUT2D eigenvalue weighted by Crippen LogP contribution is -2.08. The van der Waals surface area contributed by atoms with Gasteiger partial charge in [0.05, 0.1) is 0 Å². The van der Waals surface area contributed by atoms with E-state index in [1.54, 1.807) is 18.2 Å². The van der Waals surface area contributed by atoms with Crippen molar-refractivity contribution in [2.24, 2.45) is 0 Å². The Balaban J connectivity index is 2.65. The molecule has 1 rings (SSSR count). The summed E-state index contributed by atoms with van der Waals surface area (Å²) in [6, 6.07) is 9.11. The van der Waals surface area contributed by atoms with Gasteiger partial charge in [-0.3, -0.25) is 4.79 Å². The molecule has 1 aromatic rings. The van der Waals surface area contributed by atoms with E-state index in [9.17, 15) is 9.59 Å². The van der Waals surface area contributed by atoms with Crippen LogP contribution in [0.3, 0.4) is 0 Å². The van der Waals surface area contributed by atoms with Gasteiger partial charge in [0.1, 0.15) is 5.75 Å². The molecule has 11 heavy (non-hydrogen) atoms. The molecule has 0 aromatic heterocycles. The molecule has 2 radical (unpaired) electrons. The third-order valence-corrected chi connectivity index (χ3v) is 0.967. The third kappa shape index (κ3) is 2.21. The van der Waals surface area contributed by atoms with Gasteiger partial charge in [0.15, 0.2) is 0 Å². The topological polar surface area (TPSA) is 43.4 Å². The third-order valence-electron chi connectivity index (χ3n) is 0.967. The summed E-state index contributed by atoms with van der Waals surface area (Å²) in [5, 5.41) is 0. The number of benzene rings is 1. The molecule has 0 amide bonds. The van der Waals surface area contributed by atoms with E-state index in [0.29, 0.717) is 0 Å². The number of esters is 1. The monoisotopic (exact) mass is 148 g/mol. The van der Waals surface area contributed by atoms with Crippen molar-refractivity contribution in [2.45, 2.75) is 0 Å². The van der Waals surface area contributed by atoms with Crippen LogP contribution in [-0.4, -0.2) is 12.3 Å². The maximum Gasteiger partial charge on any atom is 0.388 e. The molecule has 0 spiro atoms. The summed E-state index contributed by atoms with van der Waals surface area (Å²) in [7, 11) is 0. The van der Waals surface area contributed by atoms with Gasteiger partial charge in [0.25, 0.3) is 0 Å². The van der Waals surface area contributed by atoms with Crippen LogP contribution in [0.4, 0.5) is 0 Å². The molecular weight excluding hydrogens is 144 g/mol. The summed E-state index contributed by atoms with van der Waals surface area (Å²) in [5.41, 5.74) is 0. The molecular formula is C8H4O3. The number of ether oxygens (including phenoxy) is 1. The molecule has 3 heteroatoms. The van der Waals surface area contributed by atoms with E-state index in [1.807, 2.05) is 0 Å². The summed E-state index contributed by atoms with van der Waals surface area (Å²) < 4.78 is 4.45. The normalized spacial score (nSPS) is 8.73. The molecule has 0 saturated carbocycles. The summed E-state index contributed by atoms with van der Waals surface area (Å²) in [6.07, 6.45) is 1.08. The number of hydrogen-bond acceptors (Lipinski definition) is 3. The average Bonchev–Trinajstić information content (AvgIpc) is 2.06. The second-order valence-electron chi connectivity index (χ2n) is 1.72. The zero-order valence-electron chi connectivity index (χ0n) is 5.53. The molecule has 0 atom stereocenters. The predicted molar refractivity (Wildman–Crippen MR) is 36.6 cm³/mol. The van der Waals surface area contributed by atoms with Crippen LogP contribution in [0.15, 0.2) is 24.3 Å². The van der Waals surface area contributed by atoms with Gasteiger partial charge < -0.3 is 4.74 Å². The Kier molecular flexibility index (Phi) is 2.38. The van der Waals surface area contributed by atoms with Crippen LogP contribution < -0.4 is 4.74 Å². The standard InChI is InChI=1S/C8H4O3/c9-6-8(10)11-7-4-2-1-3-5-7/h1-4H. The van der Waals surface area contributed by atoms with E-state index >= 15 is 0 Å². The summed E-state index contributed by atoms with van der Waals surface area (Å²) in [5.74, 6) is -0.812. The second kappa shape index (κ2) is 3.51. The predicted octanol–water partition coefficient (Wildman–Crippen LogP) is 0.502. The van der Waals surface area contributed by atoms with E-state index in [-0.39, 0.29) is 5.75 Å². The van der Waals surface area contributed by atoms with Crippen molar-refractivity contribution in [3.8, 4) is 5.75 Å². The fourth-order valence-corrected chi connectivity index (χ4v) is 0.561. The molecule has 3 nitrogen and oxygen atoms in total. The quantitative estimate of drug-likeness (QED) is 0.348. The first-order valence-corrected chi connectivity index (χ1v) is 2.89. The largest absolute Gasteiger partial charge is 0.420 e. The lowest BCUT2D eigenvalue weighted by molar-refractivity contribution is -0.127. The number of carbonyl (C=O) groups excluding carboxylic acids is 2. The second-order valence-corrected chi connectivity index (χ2v) is 1.72. The van der Waals surface area contributed by atoms with Crippen LogP contribution in [0.25, 0.3) is 0 Å². The number of hydrogen-bond donors (Lipinski definition) is 0. The highest BCUT2D eigenvalue weighted by Crippen LogP contribution is 2.06. The minimum Gasteiger partial charge on any atom is -0.420 e. The Hall–Kier alpha value is -1.64. The van der Waals surface area contributed by atoms with Crippen LogP contribution in [0.1, 0.15) is 0 Å². The summed E-state index contributed by atoms with van der Waals surface area (Å²) in [6.45, 7) is 0. The maximum absolute atomic E-state index is 10.3. The van der Waals surface area contributed by atoms with Crippen molar-refractivity contribution in [1.29, 1.82) is 0 Å². The van der Waals surface area contributed by atoms with Crippen molar-refractivity contribution in [2.75, 3.05) is 0 Å². The van der Waals surface area contributed by atoms with Gasteiger partial charge in [-0.05, 0) is 6.07 Å². The van der Waals surface area contributed by atoms with Crippen LogP contribution in [0, 0.1) is 6.07 Å². The molecule has 0 bridgehead atoms. The Morgan fingerprint density at radius 2 is 2.36 bits per heavy atom. The van der Waals surface area contributed by atoms with Crippen LogP contribution in [-0.2, 0) is 9.59 Å². The maximum atomic E-state index is 10.3. The molecule has 0 aliphatic heterocycles. The minimum absolute atomic E-state index is 0.223. The van der Waals surface area contributed by atoms with Gasteiger partial charge in [-0.25, -0.2) is 4.79 Å². The zero-order chi connectivity index (χ0) is 8.10. The van der Waals surface area contributed by atoms with Gasteiger partial charge in [0, 0.05) is 6.07 Å². The highest BCUT2D eigenvalue weighted by atomic mass is 16.5. The van der Waals surface area contributed by atoms with Crippen molar-refractivity contribution >= 4 is 12.3 Å². The summed E-state index contributed by atoms with van der Waals surface area (Å²) >= 11 is 0. The number of carbonyl (C=O) groups is 1. The Morgan fingerprint density at radius 3 is 2.91 bits per heavy atom. The highest BCUT2D eigenvalue weighted by Gasteiger charge is 2.01. The van der Waals surface area contributed by atoms with Gasteiger partial charge in [0.2, 0.25) is 0 Å². The lowest BCUT2D eigenvalue weighted by Gasteiger charge is -1.95. The van der Waals surface area contributed by atoms with E-state index in [0.717, 1.165) is 6.29 Å². The molecule has 1 aromatic carbocycles. The van der Waals surface area contributed by atoms with E-state index in [4.69, 9.17) is 0 Å². The average molecular weight is 148 g/mol. The Morgan fingerprint density at radius 1 is 1.55 bits per heavy atom. The van der Waals surface area contributed by atoms with Gasteiger partial charge >= 0.3 is 12.3 Å². The van der Waals surface area contributed by atoms with Crippen molar-refractivity contribution in [3.63, 3.8) is 0 Å². The van der Waals surface area contributed by atoms with Crippen molar-refractivity contribution in [3.05, 3.63) is 30.3 Å². The van der Waals surface area contributed by atoms with Gasteiger partial charge in [-0.15, -0.1) is 0 Å². The number of para-hydroxylation sites is 1. The first kappa shape index (κ1) is 7.47. The fourth-order valence-electron chi connectivity index (χ4n) is 0.561. The highest BCUT2D eigenvalue weighted by molar-refractivity contribution is 6.21. The zero-order valence-corrected chi connectivity index (χ0v) is 5.53. The van der Waals surface area contributed by atoms with Gasteiger partial charge in [-0.1, -0.05) is 18.2 Å². The van der Waals surface area contributed by atoms with Crippen LogP contribution in [0.2, 0.25) is 0 Å².